The molecule has 1 aliphatic carbocycles. The molecule has 0 bridgehead atoms. The molecule has 2 unspecified atom stereocenters. The van der Waals surface area contributed by atoms with Crippen LogP contribution in [0.2, 0.25) is 0 Å². The molecule has 1 saturated carbocycles. The Bertz CT molecular complexity index is 179. The maximum Gasteiger partial charge on any atom is 0.158 e. The van der Waals surface area contributed by atoms with Crippen LogP contribution in [0.1, 0.15) is 39.0 Å². The van der Waals surface area contributed by atoms with E-state index in [1.807, 2.05) is 6.92 Å². The quantitative estimate of drug-likeness (QED) is 0.680. The number of carbonyl (C=O) groups is 1. The number of Topliss-reactive ketones (excluding diaryl/α,β-unsaturated/α-hetero) is 1. The van der Waals surface area contributed by atoms with Gasteiger partial charge in [-0.1, -0.05) is 6.92 Å². The molecule has 0 heterocycles. The summed E-state index contributed by atoms with van der Waals surface area (Å²) in [4.78, 5) is 11.0. The molecule has 82 valence electrons. The number of hydrogen-bond donors (Lipinski definition) is 0. The summed E-state index contributed by atoms with van der Waals surface area (Å²) in [6.45, 7) is 2.14. The molecule has 0 aliphatic heterocycles. The van der Waals surface area contributed by atoms with Crippen molar-refractivity contribution >= 4 is 5.78 Å². The lowest BCUT2D eigenvalue weighted by atomic mass is 9.95. The van der Waals surface area contributed by atoms with Crippen molar-refractivity contribution in [3.05, 3.63) is 0 Å². The van der Waals surface area contributed by atoms with Gasteiger partial charge in [-0.2, -0.15) is 0 Å². The van der Waals surface area contributed by atoms with E-state index in [4.69, 9.17) is 9.47 Å². The van der Waals surface area contributed by atoms with Gasteiger partial charge in [0.05, 0.1) is 12.2 Å². The minimum Gasteiger partial charge on any atom is -0.381 e. The fraction of sp³-hybridized carbons (Fsp3) is 0.909. The minimum absolute atomic E-state index is 0.185. The Morgan fingerprint density at radius 2 is 2.07 bits per heavy atom. The zero-order valence-corrected chi connectivity index (χ0v) is 9.12. The Kier molecular flexibility index (Phi) is 5.12. The zero-order chi connectivity index (χ0) is 10.4. The molecule has 1 rings (SSSR count). The highest BCUT2D eigenvalue weighted by molar-refractivity contribution is 5.79. The molecule has 0 radical (unpaired) electrons. The van der Waals surface area contributed by atoms with Crippen LogP contribution in [0.25, 0.3) is 0 Å². The first-order valence-electron chi connectivity index (χ1n) is 5.42. The first-order chi connectivity index (χ1) is 6.76. The molecule has 0 aromatic heterocycles. The number of hydrogen-bond acceptors (Lipinski definition) is 3. The molecular formula is C11H20O3. The van der Waals surface area contributed by atoms with Crippen LogP contribution in [0.15, 0.2) is 0 Å². The third-order valence-corrected chi connectivity index (χ3v) is 2.79. The van der Waals surface area contributed by atoms with Gasteiger partial charge in [-0.15, -0.1) is 0 Å². The average Bonchev–Trinajstić information content (AvgIpc) is 2.26. The van der Waals surface area contributed by atoms with Crippen molar-refractivity contribution in [3.63, 3.8) is 0 Å². The van der Waals surface area contributed by atoms with E-state index in [0.717, 1.165) is 25.7 Å². The van der Waals surface area contributed by atoms with E-state index >= 15 is 0 Å². The van der Waals surface area contributed by atoms with Gasteiger partial charge < -0.3 is 9.47 Å². The average molecular weight is 200 g/mol. The van der Waals surface area contributed by atoms with Gasteiger partial charge in [-0.05, 0) is 25.7 Å². The molecule has 0 N–H and O–H groups in total. The largest absolute Gasteiger partial charge is 0.381 e. The van der Waals surface area contributed by atoms with E-state index in [1.165, 1.54) is 0 Å². The van der Waals surface area contributed by atoms with Gasteiger partial charge in [0.2, 0.25) is 0 Å². The van der Waals surface area contributed by atoms with Crippen LogP contribution >= 0.6 is 0 Å². The summed E-state index contributed by atoms with van der Waals surface area (Å²) in [5.74, 6) is 0.185. The second-order valence-electron chi connectivity index (χ2n) is 3.85. The number of carbonyl (C=O) groups excluding carboxylic acids is 1. The first kappa shape index (κ1) is 11.7. The van der Waals surface area contributed by atoms with Crippen molar-refractivity contribution in [1.29, 1.82) is 0 Å². The molecule has 0 aromatic rings. The third kappa shape index (κ3) is 3.76. The van der Waals surface area contributed by atoms with Gasteiger partial charge in [-0.3, -0.25) is 4.79 Å². The molecular weight excluding hydrogens is 180 g/mol. The van der Waals surface area contributed by atoms with Gasteiger partial charge in [0.15, 0.2) is 5.78 Å². The van der Waals surface area contributed by atoms with Crippen molar-refractivity contribution in [2.24, 2.45) is 0 Å². The molecule has 0 spiro atoms. The summed E-state index contributed by atoms with van der Waals surface area (Å²) in [5, 5.41) is 0. The molecule has 0 amide bonds. The maximum atomic E-state index is 11.0. The van der Waals surface area contributed by atoms with Gasteiger partial charge in [0, 0.05) is 13.5 Å². The molecule has 3 nitrogen and oxygen atoms in total. The number of ether oxygens (including phenoxy) is 2. The molecule has 0 aromatic carbocycles. The van der Waals surface area contributed by atoms with E-state index in [2.05, 4.69) is 0 Å². The topological polar surface area (TPSA) is 35.5 Å². The number of rotatable bonds is 5. The minimum atomic E-state index is 0.185. The smallest absolute Gasteiger partial charge is 0.158 e. The van der Waals surface area contributed by atoms with Crippen LogP contribution in [-0.2, 0) is 14.3 Å². The Labute approximate surface area is 85.8 Å². The normalized spacial score (nSPS) is 27.6. The Morgan fingerprint density at radius 3 is 2.71 bits per heavy atom. The van der Waals surface area contributed by atoms with E-state index in [1.54, 1.807) is 7.11 Å². The summed E-state index contributed by atoms with van der Waals surface area (Å²) < 4.78 is 10.8. The highest BCUT2D eigenvalue weighted by atomic mass is 16.5. The van der Waals surface area contributed by atoms with Crippen molar-refractivity contribution in [3.8, 4) is 0 Å². The van der Waals surface area contributed by atoms with Crippen LogP contribution in [-0.4, -0.2) is 31.7 Å². The van der Waals surface area contributed by atoms with E-state index in [0.29, 0.717) is 12.5 Å². The summed E-state index contributed by atoms with van der Waals surface area (Å²) in [6, 6.07) is 0. The van der Waals surface area contributed by atoms with E-state index < -0.39 is 0 Å². The Morgan fingerprint density at radius 1 is 1.36 bits per heavy atom. The predicted molar refractivity (Wildman–Crippen MR) is 54.3 cm³/mol. The van der Waals surface area contributed by atoms with Gasteiger partial charge in [-0.25, -0.2) is 0 Å². The second-order valence-corrected chi connectivity index (χ2v) is 3.85. The predicted octanol–water partition coefficient (Wildman–Crippen LogP) is 1.94. The summed E-state index contributed by atoms with van der Waals surface area (Å²) in [5.41, 5.74) is 0. The molecule has 2 atom stereocenters. The Hall–Kier alpha value is -0.410. The monoisotopic (exact) mass is 200 g/mol. The zero-order valence-electron chi connectivity index (χ0n) is 9.12. The van der Waals surface area contributed by atoms with Crippen molar-refractivity contribution < 1.29 is 14.3 Å². The van der Waals surface area contributed by atoms with Crippen molar-refractivity contribution in [2.75, 3.05) is 13.7 Å². The lowest BCUT2D eigenvalue weighted by molar-refractivity contribution is -0.127. The number of ketones is 1. The van der Waals surface area contributed by atoms with Crippen LogP contribution in [0.3, 0.4) is 0 Å². The Balaban J connectivity index is 2.20. The van der Waals surface area contributed by atoms with Crippen LogP contribution in [0, 0.1) is 0 Å². The molecule has 14 heavy (non-hydrogen) atoms. The maximum absolute atomic E-state index is 11.0. The highest BCUT2D eigenvalue weighted by Gasteiger charge is 2.22. The fourth-order valence-corrected chi connectivity index (χ4v) is 1.78. The summed E-state index contributed by atoms with van der Waals surface area (Å²) in [6.07, 6.45) is 5.39. The van der Waals surface area contributed by atoms with Crippen LogP contribution in [0.4, 0.5) is 0 Å². The second kappa shape index (κ2) is 6.14. The molecule has 0 saturated heterocycles. The van der Waals surface area contributed by atoms with Gasteiger partial charge >= 0.3 is 0 Å². The standard InChI is InChI=1S/C11H20O3/c1-3-9(12)8-14-11-6-4-5-10(7-11)13-2/h10-11H,3-8H2,1-2H3. The lowest BCUT2D eigenvalue weighted by Gasteiger charge is -2.27. The summed E-state index contributed by atoms with van der Waals surface area (Å²) in [7, 11) is 1.74. The third-order valence-electron chi connectivity index (χ3n) is 2.79. The first-order valence-corrected chi connectivity index (χ1v) is 5.42. The highest BCUT2D eigenvalue weighted by Crippen LogP contribution is 2.22. The van der Waals surface area contributed by atoms with E-state index in [-0.39, 0.29) is 18.5 Å². The van der Waals surface area contributed by atoms with Crippen molar-refractivity contribution in [1.82, 2.24) is 0 Å². The van der Waals surface area contributed by atoms with Crippen molar-refractivity contribution in [2.45, 2.75) is 51.2 Å². The molecule has 3 heteroatoms. The molecule has 1 aliphatic rings. The molecule has 1 fully saturated rings. The lowest BCUT2D eigenvalue weighted by Crippen LogP contribution is -2.28. The summed E-state index contributed by atoms with van der Waals surface area (Å²) >= 11 is 0. The van der Waals surface area contributed by atoms with Crippen LogP contribution < -0.4 is 0 Å². The SMILES string of the molecule is CCC(=O)COC1CCCC(OC)C1. The number of methoxy groups -OCH3 is 1. The van der Waals surface area contributed by atoms with Gasteiger partial charge in [0.1, 0.15) is 6.61 Å². The van der Waals surface area contributed by atoms with Gasteiger partial charge in [0.25, 0.3) is 0 Å². The van der Waals surface area contributed by atoms with E-state index in [9.17, 15) is 4.79 Å². The fourth-order valence-electron chi connectivity index (χ4n) is 1.78. The van der Waals surface area contributed by atoms with Crippen LogP contribution in [0.5, 0.6) is 0 Å².